The maximum atomic E-state index is 11.0. The number of thioether (sulfide) groups is 1. The number of aromatic nitrogens is 2. The molecule has 0 aromatic carbocycles. The van der Waals surface area contributed by atoms with Gasteiger partial charge in [0.05, 0.1) is 12.3 Å². The molecule has 1 aromatic rings. The van der Waals surface area contributed by atoms with E-state index in [-0.39, 0.29) is 11.6 Å². The molecule has 1 fully saturated rings. The van der Waals surface area contributed by atoms with Gasteiger partial charge < -0.3 is 0 Å². The van der Waals surface area contributed by atoms with E-state index in [2.05, 4.69) is 28.7 Å². The number of rotatable bonds is 5. The van der Waals surface area contributed by atoms with Crippen molar-refractivity contribution < 1.29 is 9.59 Å². The van der Waals surface area contributed by atoms with Crippen molar-refractivity contribution >= 4 is 23.3 Å². The van der Waals surface area contributed by atoms with Gasteiger partial charge in [-0.25, -0.2) is 9.97 Å². The van der Waals surface area contributed by atoms with Crippen LogP contribution >= 0.6 is 11.8 Å². The van der Waals surface area contributed by atoms with E-state index in [0.717, 1.165) is 0 Å². The van der Waals surface area contributed by atoms with Crippen molar-refractivity contribution in [3.8, 4) is 0 Å². The van der Waals surface area contributed by atoms with Gasteiger partial charge in [-0.3, -0.25) is 14.5 Å². The summed E-state index contributed by atoms with van der Waals surface area (Å²) in [5, 5.41) is 0.655. The van der Waals surface area contributed by atoms with Crippen LogP contribution in [0.1, 0.15) is 47.0 Å². The minimum absolute atomic E-state index is 0.141. The Bertz CT molecular complexity index is 486. The summed E-state index contributed by atoms with van der Waals surface area (Å²) in [5.41, 5.74) is 0. The molecule has 0 bridgehead atoms. The molecule has 2 heterocycles. The molecule has 2 atom stereocenters. The number of piperidine rings is 1. The lowest BCUT2D eigenvalue weighted by atomic mass is 9.97. The fraction of sp³-hybridized carbons (Fsp3) is 0.647. The second-order valence-electron chi connectivity index (χ2n) is 6.03. The molecule has 1 aliphatic rings. The van der Waals surface area contributed by atoms with Gasteiger partial charge in [0, 0.05) is 24.5 Å². The summed E-state index contributed by atoms with van der Waals surface area (Å²) in [6, 6.07) is 2.94. The number of hydrogen-bond acceptors (Lipinski definition) is 6. The van der Waals surface area contributed by atoms with Crippen LogP contribution in [0.5, 0.6) is 0 Å². The summed E-state index contributed by atoms with van der Waals surface area (Å²) in [5.74, 6) is 0.877. The first-order valence-corrected chi connectivity index (χ1v) is 9.03. The highest BCUT2D eigenvalue weighted by molar-refractivity contribution is 7.99. The van der Waals surface area contributed by atoms with Gasteiger partial charge in [-0.1, -0.05) is 18.2 Å². The average molecular weight is 337 g/mol. The third-order valence-corrected chi connectivity index (χ3v) is 4.75. The highest BCUT2D eigenvalue weighted by Gasteiger charge is 2.24. The molecule has 0 spiro atoms. The van der Waals surface area contributed by atoms with Gasteiger partial charge in [0.25, 0.3) is 0 Å². The van der Waals surface area contributed by atoms with E-state index >= 15 is 0 Å². The molecule has 2 unspecified atom stereocenters. The first-order valence-electron chi connectivity index (χ1n) is 8.04. The summed E-state index contributed by atoms with van der Waals surface area (Å²) in [7, 11) is 0. The minimum Gasteiger partial charge on any atom is -0.299 e. The van der Waals surface area contributed by atoms with Gasteiger partial charge in [-0.15, -0.1) is 0 Å². The number of carbonyl (C=O) groups is 2. The Morgan fingerprint density at radius 3 is 2.17 bits per heavy atom. The van der Waals surface area contributed by atoms with E-state index in [0.29, 0.717) is 29.5 Å². The van der Waals surface area contributed by atoms with Crippen LogP contribution in [0.25, 0.3) is 0 Å². The van der Waals surface area contributed by atoms with Crippen molar-refractivity contribution in [3.63, 3.8) is 0 Å². The maximum Gasteiger partial charge on any atom is 0.187 e. The Morgan fingerprint density at radius 2 is 1.70 bits per heavy atom. The van der Waals surface area contributed by atoms with Crippen LogP contribution in [-0.4, -0.2) is 50.8 Å². The lowest BCUT2D eigenvalue weighted by Gasteiger charge is -2.38. The van der Waals surface area contributed by atoms with E-state index in [4.69, 9.17) is 0 Å². The van der Waals surface area contributed by atoms with Gasteiger partial charge in [0.1, 0.15) is 11.6 Å². The molecule has 128 valence electrons. The van der Waals surface area contributed by atoms with Gasteiger partial charge in [-0.2, -0.15) is 0 Å². The zero-order chi connectivity index (χ0) is 17.2. The fourth-order valence-electron chi connectivity index (χ4n) is 2.57. The Balaban J connectivity index is 0.000000231. The van der Waals surface area contributed by atoms with Crippen LogP contribution in [0.4, 0.5) is 0 Å². The van der Waals surface area contributed by atoms with Crippen molar-refractivity contribution in [2.24, 2.45) is 0 Å². The Hall–Kier alpha value is -1.27. The van der Waals surface area contributed by atoms with Gasteiger partial charge in [-0.05, 0) is 46.6 Å². The van der Waals surface area contributed by atoms with Gasteiger partial charge in [0.2, 0.25) is 0 Å². The normalized spacial score (nSPS) is 21.2. The highest BCUT2D eigenvalue weighted by atomic mass is 32.2. The first-order chi connectivity index (χ1) is 10.9. The maximum absolute atomic E-state index is 11.0. The van der Waals surface area contributed by atoms with Crippen LogP contribution in [0.3, 0.4) is 0 Å². The molecule has 1 aromatic heterocycles. The lowest BCUT2D eigenvalue weighted by molar-refractivity contribution is -0.119. The summed E-state index contributed by atoms with van der Waals surface area (Å²) in [6.45, 7) is 8.31. The molecule has 0 radical (unpaired) electrons. The molecule has 0 saturated carbocycles. The molecule has 23 heavy (non-hydrogen) atoms. The molecule has 1 aliphatic heterocycles. The van der Waals surface area contributed by atoms with Crippen LogP contribution in [-0.2, 0) is 9.59 Å². The van der Waals surface area contributed by atoms with E-state index in [1.165, 1.54) is 31.0 Å². The number of nitrogens with zero attached hydrogens (tertiary/aromatic N) is 3. The molecule has 6 heteroatoms. The zero-order valence-corrected chi connectivity index (χ0v) is 15.3. The van der Waals surface area contributed by atoms with Crippen LogP contribution < -0.4 is 0 Å². The average Bonchev–Trinajstić information content (AvgIpc) is 2.50. The van der Waals surface area contributed by atoms with Crippen LogP contribution in [0.15, 0.2) is 23.6 Å². The second-order valence-corrected chi connectivity index (χ2v) is 6.97. The predicted molar refractivity (Wildman–Crippen MR) is 93.6 cm³/mol. The SMILES string of the molecule is CC(=O)CN1C(C)CCCC1C.CC(=O)CSc1ncccn1. The third kappa shape index (κ3) is 8.23. The quantitative estimate of drug-likeness (QED) is 0.608. The number of Topliss-reactive ketones (excluding diaryl/α,β-unsaturated/α-hetero) is 2. The molecular formula is C17H27N3O2S. The first kappa shape index (κ1) is 19.8. The standard InChI is InChI=1S/C10H19NO.C7H8N2OS/c1-8-5-4-6-9(2)11(8)7-10(3)12;1-6(10)5-11-7-8-3-2-4-9-7/h8-9H,4-7H2,1-3H3;2-4H,5H2,1H3. The van der Waals surface area contributed by atoms with Gasteiger partial charge >= 0.3 is 0 Å². The van der Waals surface area contributed by atoms with E-state index in [1.54, 1.807) is 32.3 Å². The third-order valence-electron chi connectivity index (χ3n) is 3.73. The summed E-state index contributed by atoms with van der Waals surface area (Å²) < 4.78 is 0. The molecule has 1 saturated heterocycles. The second kappa shape index (κ2) is 10.5. The minimum atomic E-state index is 0.141. The van der Waals surface area contributed by atoms with Crippen molar-refractivity contribution in [1.29, 1.82) is 0 Å². The molecule has 0 amide bonds. The lowest BCUT2D eigenvalue weighted by Crippen LogP contribution is -2.45. The molecular weight excluding hydrogens is 310 g/mol. The molecule has 5 nitrogen and oxygen atoms in total. The van der Waals surface area contributed by atoms with Crippen molar-refractivity contribution in [2.45, 2.75) is 64.2 Å². The van der Waals surface area contributed by atoms with Gasteiger partial charge in [0.15, 0.2) is 5.16 Å². The Labute approximate surface area is 143 Å². The van der Waals surface area contributed by atoms with Crippen molar-refractivity contribution in [3.05, 3.63) is 18.5 Å². The summed E-state index contributed by atoms with van der Waals surface area (Å²) in [4.78, 5) is 31.7. The van der Waals surface area contributed by atoms with E-state index < -0.39 is 0 Å². The number of hydrogen-bond donors (Lipinski definition) is 0. The molecule has 2 rings (SSSR count). The summed E-state index contributed by atoms with van der Waals surface area (Å²) in [6.07, 6.45) is 7.14. The van der Waals surface area contributed by atoms with Crippen LogP contribution in [0, 0.1) is 0 Å². The topological polar surface area (TPSA) is 63.2 Å². The Morgan fingerprint density at radius 1 is 1.13 bits per heavy atom. The van der Waals surface area contributed by atoms with Crippen molar-refractivity contribution in [2.75, 3.05) is 12.3 Å². The van der Waals surface area contributed by atoms with Crippen molar-refractivity contribution in [1.82, 2.24) is 14.9 Å². The molecule has 0 aliphatic carbocycles. The number of likely N-dealkylation sites (tertiary alicyclic amines) is 1. The monoisotopic (exact) mass is 337 g/mol. The summed E-state index contributed by atoms with van der Waals surface area (Å²) >= 11 is 1.36. The number of carbonyl (C=O) groups excluding carboxylic acids is 2. The largest absolute Gasteiger partial charge is 0.299 e. The smallest absolute Gasteiger partial charge is 0.187 e. The van der Waals surface area contributed by atoms with E-state index in [1.807, 2.05) is 0 Å². The Kier molecular flexibility index (Phi) is 9.02. The predicted octanol–water partition coefficient (Wildman–Crippen LogP) is 3.00. The van der Waals surface area contributed by atoms with E-state index in [9.17, 15) is 9.59 Å². The fourth-order valence-corrected chi connectivity index (χ4v) is 3.17. The highest BCUT2D eigenvalue weighted by Crippen LogP contribution is 2.21. The number of ketones is 2. The molecule has 0 N–H and O–H groups in total. The van der Waals surface area contributed by atoms with Crippen LogP contribution in [0.2, 0.25) is 0 Å². The zero-order valence-electron chi connectivity index (χ0n) is 14.5.